The monoisotopic (exact) mass is 163 g/mol. The van der Waals surface area contributed by atoms with E-state index >= 15 is 0 Å². The minimum Gasteiger partial charge on any atom is -0.480 e. The highest BCUT2D eigenvalue weighted by Crippen LogP contribution is 1.83. The average Bonchev–Trinajstić information content (AvgIpc) is 1.81. The Bertz CT molecular complexity index is 117. The first-order valence-electron chi connectivity index (χ1n) is 3.17. The standard InChI is InChI=1S/C5H13NO3Si/c1-10(2)6-4(3-7)5(8)9/h4,6-7,10H,3H2,1-2H3,(H,8,9). The summed E-state index contributed by atoms with van der Waals surface area (Å²) in [6.45, 7) is 3.59. The van der Waals surface area contributed by atoms with Gasteiger partial charge in [0, 0.05) is 0 Å². The third-order valence-corrected chi connectivity index (χ3v) is 2.08. The molecule has 0 aromatic heterocycles. The summed E-state index contributed by atoms with van der Waals surface area (Å²) in [5, 5.41) is 16.9. The topological polar surface area (TPSA) is 69.6 Å². The lowest BCUT2D eigenvalue weighted by atomic mass is 10.3. The van der Waals surface area contributed by atoms with Crippen molar-refractivity contribution in [3.63, 3.8) is 0 Å². The largest absolute Gasteiger partial charge is 0.480 e. The molecule has 0 aliphatic rings. The fraction of sp³-hybridized carbons (Fsp3) is 0.800. The highest BCUT2D eigenvalue weighted by Gasteiger charge is 2.15. The van der Waals surface area contributed by atoms with Gasteiger partial charge in [0.1, 0.15) is 15.0 Å². The van der Waals surface area contributed by atoms with Crippen LogP contribution in [0.5, 0.6) is 0 Å². The van der Waals surface area contributed by atoms with Crippen molar-refractivity contribution in [3.05, 3.63) is 0 Å². The Morgan fingerprint density at radius 2 is 2.20 bits per heavy atom. The van der Waals surface area contributed by atoms with Crippen LogP contribution in [0.2, 0.25) is 13.1 Å². The molecule has 0 aliphatic carbocycles. The Morgan fingerprint density at radius 3 is 2.30 bits per heavy atom. The van der Waals surface area contributed by atoms with Crippen molar-refractivity contribution in [2.45, 2.75) is 19.1 Å². The summed E-state index contributed by atoms with van der Waals surface area (Å²) in [6, 6.07) is -0.772. The summed E-state index contributed by atoms with van der Waals surface area (Å²) < 4.78 is 0. The fourth-order valence-electron chi connectivity index (χ4n) is 0.604. The number of rotatable bonds is 4. The first-order chi connectivity index (χ1) is 4.57. The highest BCUT2D eigenvalue weighted by atomic mass is 28.3. The van der Waals surface area contributed by atoms with E-state index in [4.69, 9.17) is 10.2 Å². The van der Waals surface area contributed by atoms with E-state index < -0.39 is 21.0 Å². The minimum atomic E-state index is -1.09. The molecule has 0 rings (SSSR count). The summed E-state index contributed by atoms with van der Waals surface area (Å²) in [5.41, 5.74) is 0. The second-order valence-electron chi connectivity index (χ2n) is 2.39. The molecule has 4 nitrogen and oxygen atoms in total. The maximum atomic E-state index is 10.3. The van der Waals surface area contributed by atoms with Gasteiger partial charge in [0.05, 0.1) is 6.61 Å². The average molecular weight is 163 g/mol. The van der Waals surface area contributed by atoms with E-state index in [1.54, 1.807) is 0 Å². The van der Waals surface area contributed by atoms with Gasteiger partial charge in [-0.2, -0.15) is 0 Å². The van der Waals surface area contributed by atoms with Gasteiger partial charge in [-0.1, -0.05) is 13.1 Å². The van der Waals surface area contributed by atoms with E-state index in [-0.39, 0.29) is 6.61 Å². The van der Waals surface area contributed by atoms with Gasteiger partial charge in [0.25, 0.3) is 0 Å². The molecule has 0 aromatic rings. The van der Waals surface area contributed by atoms with Crippen molar-refractivity contribution in [2.24, 2.45) is 0 Å². The number of aliphatic carboxylic acids is 1. The maximum Gasteiger partial charge on any atom is 0.322 e. The van der Waals surface area contributed by atoms with Gasteiger partial charge in [-0.15, -0.1) is 0 Å². The van der Waals surface area contributed by atoms with Crippen LogP contribution in [0.1, 0.15) is 0 Å². The summed E-state index contributed by atoms with van der Waals surface area (Å²) >= 11 is 0. The first kappa shape index (κ1) is 9.61. The summed E-state index contributed by atoms with van der Waals surface area (Å²) in [7, 11) is -1.09. The van der Waals surface area contributed by atoms with Gasteiger partial charge in [-0.05, 0) is 0 Å². The van der Waals surface area contributed by atoms with Crippen LogP contribution in [0.25, 0.3) is 0 Å². The van der Waals surface area contributed by atoms with Crippen LogP contribution >= 0.6 is 0 Å². The molecule has 60 valence electrons. The van der Waals surface area contributed by atoms with Crippen molar-refractivity contribution < 1.29 is 15.0 Å². The van der Waals surface area contributed by atoms with Crippen LogP contribution in [-0.2, 0) is 4.79 Å². The van der Waals surface area contributed by atoms with Gasteiger partial charge in [-0.25, -0.2) is 0 Å². The molecule has 0 heterocycles. The molecule has 0 saturated carbocycles. The number of hydrogen-bond donors (Lipinski definition) is 3. The SMILES string of the molecule is C[SiH](C)NC(CO)C(=O)O. The Labute approximate surface area is 61.6 Å². The molecule has 0 aromatic carbocycles. The van der Waals surface area contributed by atoms with Crippen LogP contribution in [0, 0.1) is 0 Å². The molecule has 5 heteroatoms. The van der Waals surface area contributed by atoms with Crippen molar-refractivity contribution in [2.75, 3.05) is 6.61 Å². The molecule has 0 fully saturated rings. The molecule has 0 spiro atoms. The van der Waals surface area contributed by atoms with Crippen molar-refractivity contribution >= 4 is 14.9 Å². The Hall–Kier alpha value is -0.393. The molecule has 0 amide bonds. The number of carbonyl (C=O) groups is 1. The Balaban J connectivity index is 3.72. The molecule has 0 bridgehead atoms. The number of nitrogens with one attached hydrogen (secondary N) is 1. The van der Waals surface area contributed by atoms with Crippen molar-refractivity contribution in [1.82, 2.24) is 4.98 Å². The van der Waals surface area contributed by atoms with Gasteiger partial charge in [-0.3, -0.25) is 4.79 Å². The van der Waals surface area contributed by atoms with Gasteiger partial charge in [0.15, 0.2) is 0 Å². The number of carboxylic acids is 1. The molecule has 0 radical (unpaired) electrons. The summed E-state index contributed by atoms with van der Waals surface area (Å²) in [6.07, 6.45) is 0. The van der Waals surface area contributed by atoms with E-state index in [1.165, 1.54) is 0 Å². The number of aliphatic hydroxyl groups is 1. The lowest BCUT2D eigenvalue weighted by molar-refractivity contribution is -0.139. The summed E-state index contributed by atoms with van der Waals surface area (Å²) in [4.78, 5) is 13.1. The second kappa shape index (κ2) is 4.43. The normalized spacial score (nSPS) is 13.6. The van der Waals surface area contributed by atoms with Crippen LogP contribution in [0.3, 0.4) is 0 Å². The maximum absolute atomic E-state index is 10.3. The number of carboxylic acid groups (broad SMARTS) is 1. The van der Waals surface area contributed by atoms with Gasteiger partial charge < -0.3 is 15.2 Å². The lowest BCUT2D eigenvalue weighted by Gasteiger charge is -2.12. The van der Waals surface area contributed by atoms with E-state index in [1.807, 2.05) is 13.1 Å². The fourth-order valence-corrected chi connectivity index (χ4v) is 1.66. The Morgan fingerprint density at radius 1 is 1.70 bits per heavy atom. The molecule has 0 aliphatic heterocycles. The molecule has 0 saturated heterocycles. The molecular formula is C5H13NO3Si. The molecular weight excluding hydrogens is 150 g/mol. The van der Waals surface area contributed by atoms with Crippen molar-refractivity contribution in [1.29, 1.82) is 0 Å². The van der Waals surface area contributed by atoms with Crippen LogP contribution in [-0.4, -0.2) is 37.8 Å². The smallest absolute Gasteiger partial charge is 0.322 e. The molecule has 1 atom stereocenters. The summed E-state index contributed by atoms with van der Waals surface area (Å²) in [5.74, 6) is -0.983. The van der Waals surface area contributed by atoms with E-state index in [0.29, 0.717) is 0 Å². The predicted molar refractivity (Wildman–Crippen MR) is 40.5 cm³/mol. The number of aliphatic hydroxyl groups excluding tert-OH is 1. The minimum absolute atomic E-state index is 0.333. The van der Waals surface area contributed by atoms with Crippen LogP contribution in [0.15, 0.2) is 0 Å². The van der Waals surface area contributed by atoms with Gasteiger partial charge >= 0.3 is 5.97 Å². The van der Waals surface area contributed by atoms with Crippen LogP contribution in [0.4, 0.5) is 0 Å². The molecule has 10 heavy (non-hydrogen) atoms. The first-order valence-corrected chi connectivity index (χ1v) is 6.06. The lowest BCUT2D eigenvalue weighted by Crippen LogP contribution is -2.45. The number of hydrogen-bond acceptors (Lipinski definition) is 3. The predicted octanol–water partition coefficient (Wildman–Crippen LogP) is -0.995. The van der Waals surface area contributed by atoms with E-state index in [0.717, 1.165) is 0 Å². The van der Waals surface area contributed by atoms with E-state index in [2.05, 4.69) is 4.98 Å². The zero-order valence-corrected chi connectivity index (χ0v) is 7.32. The molecule has 3 N–H and O–H groups in total. The zero-order chi connectivity index (χ0) is 8.15. The van der Waals surface area contributed by atoms with Crippen molar-refractivity contribution in [3.8, 4) is 0 Å². The third-order valence-electron chi connectivity index (χ3n) is 1.02. The van der Waals surface area contributed by atoms with E-state index in [9.17, 15) is 4.79 Å². The molecule has 1 unspecified atom stereocenters. The van der Waals surface area contributed by atoms with Gasteiger partial charge in [0.2, 0.25) is 0 Å². The zero-order valence-electron chi connectivity index (χ0n) is 6.16. The van der Waals surface area contributed by atoms with Crippen LogP contribution < -0.4 is 4.98 Å². The second-order valence-corrected chi connectivity index (χ2v) is 5.04. The highest BCUT2D eigenvalue weighted by molar-refractivity contribution is 6.53. The third kappa shape index (κ3) is 3.60. The Kier molecular flexibility index (Phi) is 4.25. The quantitative estimate of drug-likeness (QED) is 0.465.